The highest BCUT2D eigenvalue weighted by Gasteiger charge is 2.14. The molecule has 0 saturated carbocycles. The monoisotopic (exact) mass is 415 g/mol. The van der Waals surface area contributed by atoms with Crippen molar-refractivity contribution < 1.29 is 4.79 Å². The molecule has 0 fully saturated rings. The summed E-state index contributed by atoms with van der Waals surface area (Å²) in [4.78, 5) is 12.3. The molecular weight excluding hydrogens is 405 g/mol. The van der Waals surface area contributed by atoms with E-state index >= 15 is 0 Å². The summed E-state index contributed by atoms with van der Waals surface area (Å²) in [6.45, 7) is 3.96. The number of halogens is 3. The van der Waals surface area contributed by atoms with E-state index in [1.165, 1.54) is 0 Å². The molecule has 2 aromatic rings. The summed E-state index contributed by atoms with van der Waals surface area (Å²) in [5.74, 6) is -0.227. The molecule has 0 bridgehead atoms. The van der Waals surface area contributed by atoms with E-state index in [2.05, 4.69) is 37.2 Å². The van der Waals surface area contributed by atoms with E-state index < -0.39 is 0 Å². The van der Waals surface area contributed by atoms with Gasteiger partial charge in [0.05, 0.1) is 16.3 Å². The van der Waals surface area contributed by atoms with Gasteiger partial charge in [-0.2, -0.15) is 0 Å². The van der Waals surface area contributed by atoms with Crippen molar-refractivity contribution in [3.63, 3.8) is 0 Å². The Morgan fingerprint density at radius 1 is 1.15 bits per heavy atom. The fourth-order valence-electron chi connectivity index (χ4n) is 1.93. The molecule has 20 heavy (non-hydrogen) atoms. The van der Waals surface area contributed by atoms with Crippen LogP contribution >= 0.6 is 43.5 Å². The highest BCUT2D eigenvalue weighted by Crippen LogP contribution is 2.29. The molecule has 2 aromatic carbocycles. The van der Waals surface area contributed by atoms with Crippen LogP contribution in [-0.2, 0) is 0 Å². The summed E-state index contributed by atoms with van der Waals surface area (Å²) in [6, 6.07) is 9.17. The van der Waals surface area contributed by atoms with E-state index in [4.69, 9.17) is 11.6 Å². The summed E-state index contributed by atoms with van der Waals surface area (Å²) in [7, 11) is 0. The highest BCUT2D eigenvalue weighted by atomic mass is 79.9. The quantitative estimate of drug-likeness (QED) is 0.664. The molecule has 2 nitrogen and oxygen atoms in total. The van der Waals surface area contributed by atoms with Crippen LogP contribution in [0.2, 0.25) is 5.02 Å². The van der Waals surface area contributed by atoms with Crippen molar-refractivity contribution in [1.82, 2.24) is 0 Å². The number of anilines is 1. The summed E-state index contributed by atoms with van der Waals surface area (Å²) in [6.07, 6.45) is 0. The Morgan fingerprint density at radius 2 is 1.85 bits per heavy atom. The zero-order chi connectivity index (χ0) is 14.9. The average Bonchev–Trinajstić information content (AvgIpc) is 2.33. The number of nitrogens with one attached hydrogen (secondary N) is 1. The zero-order valence-electron chi connectivity index (χ0n) is 10.9. The first-order valence-electron chi connectivity index (χ1n) is 5.91. The summed E-state index contributed by atoms with van der Waals surface area (Å²) >= 11 is 12.9. The molecule has 0 aromatic heterocycles. The largest absolute Gasteiger partial charge is 0.321 e. The Bertz CT molecular complexity index is 663. The summed E-state index contributed by atoms with van der Waals surface area (Å²) in [5.41, 5.74) is 3.34. The number of rotatable bonds is 2. The van der Waals surface area contributed by atoms with E-state index in [1.807, 2.05) is 26.0 Å². The lowest BCUT2D eigenvalue weighted by Gasteiger charge is -2.12. The number of benzene rings is 2. The van der Waals surface area contributed by atoms with Gasteiger partial charge >= 0.3 is 0 Å². The Kier molecular flexibility index (Phi) is 4.89. The maximum atomic E-state index is 12.3. The fraction of sp³-hybridized carbons (Fsp3) is 0.133. The molecule has 0 aliphatic heterocycles. The molecule has 0 saturated heterocycles. The van der Waals surface area contributed by atoms with Crippen molar-refractivity contribution >= 4 is 55.1 Å². The van der Waals surface area contributed by atoms with E-state index in [9.17, 15) is 4.79 Å². The molecule has 104 valence electrons. The molecule has 0 spiro atoms. The number of amides is 1. The van der Waals surface area contributed by atoms with Gasteiger partial charge in [0.25, 0.3) is 5.91 Å². The molecule has 0 aliphatic rings. The second kappa shape index (κ2) is 6.29. The van der Waals surface area contributed by atoms with Gasteiger partial charge in [0, 0.05) is 8.95 Å². The topological polar surface area (TPSA) is 29.1 Å². The summed E-state index contributed by atoms with van der Waals surface area (Å²) in [5, 5.41) is 3.31. The van der Waals surface area contributed by atoms with Crippen LogP contribution in [0.25, 0.3) is 0 Å². The number of aryl methyl sites for hydroxylation is 2. The summed E-state index contributed by atoms with van der Waals surface area (Å²) < 4.78 is 1.70. The third-order valence-electron chi connectivity index (χ3n) is 2.85. The van der Waals surface area contributed by atoms with Gasteiger partial charge in [-0.1, -0.05) is 33.6 Å². The van der Waals surface area contributed by atoms with Crippen LogP contribution in [0.3, 0.4) is 0 Å². The SMILES string of the molecule is Cc1cc(C)c(NC(=O)c2ccc(Br)cc2Cl)c(Br)c1. The van der Waals surface area contributed by atoms with Gasteiger partial charge in [0.15, 0.2) is 0 Å². The number of hydrogen-bond donors (Lipinski definition) is 1. The van der Waals surface area contributed by atoms with Gasteiger partial charge < -0.3 is 5.32 Å². The molecule has 0 radical (unpaired) electrons. The van der Waals surface area contributed by atoms with Crippen molar-refractivity contribution in [3.8, 4) is 0 Å². The maximum absolute atomic E-state index is 12.3. The van der Waals surface area contributed by atoms with E-state index in [0.29, 0.717) is 10.6 Å². The average molecular weight is 418 g/mol. The first-order chi connectivity index (χ1) is 9.38. The fourth-order valence-corrected chi connectivity index (χ4v) is 3.46. The van der Waals surface area contributed by atoms with E-state index in [-0.39, 0.29) is 5.91 Å². The van der Waals surface area contributed by atoms with Gasteiger partial charge in [-0.25, -0.2) is 0 Å². The van der Waals surface area contributed by atoms with Crippen LogP contribution in [-0.4, -0.2) is 5.91 Å². The molecular formula is C15H12Br2ClNO. The minimum absolute atomic E-state index is 0.227. The molecule has 1 amide bonds. The molecule has 5 heteroatoms. The minimum atomic E-state index is -0.227. The van der Waals surface area contributed by atoms with E-state index in [1.54, 1.807) is 18.2 Å². The Labute approximate surface area is 139 Å². The smallest absolute Gasteiger partial charge is 0.257 e. The van der Waals surface area contributed by atoms with Crippen LogP contribution in [0.15, 0.2) is 39.3 Å². The molecule has 0 aliphatic carbocycles. The minimum Gasteiger partial charge on any atom is -0.321 e. The first kappa shape index (κ1) is 15.5. The van der Waals surface area contributed by atoms with Gasteiger partial charge in [0.1, 0.15) is 0 Å². The normalized spacial score (nSPS) is 10.4. The molecule has 0 unspecified atom stereocenters. The van der Waals surface area contributed by atoms with Gasteiger partial charge in [-0.3, -0.25) is 4.79 Å². The predicted octanol–water partition coefficient (Wildman–Crippen LogP) is 5.73. The van der Waals surface area contributed by atoms with Crippen molar-refractivity contribution in [2.24, 2.45) is 0 Å². The Hall–Kier alpha value is -0.840. The van der Waals surface area contributed by atoms with Crippen LogP contribution < -0.4 is 5.32 Å². The third-order valence-corrected chi connectivity index (χ3v) is 4.28. The van der Waals surface area contributed by atoms with Crippen molar-refractivity contribution in [2.45, 2.75) is 13.8 Å². The Morgan fingerprint density at radius 3 is 2.45 bits per heavy atom. The van der Waals surface area contributed by atoms with Gasteiger partial charge in [-0.15, -0.1) is 0 Å². The van der Waals surface area contributed by atoms with E-state index in [0.717, 1.165) is 25.8 Å². The third kappa shape index (κ3) is 3.43. The lowest BCUT2D eigenvalue weighted by atomic mass is 10.1. The van der Waals surface area contributed by atoms with Gasteiger partial charge in [0.2, 0.25) is 0 Å². The number of carbonyl (C=O) groups is 1. The molecule has 0 heterocycles. The van der Waals surface area contributed by atoms with Crippen LogP contribution in [0.5, 0.6) is 0 Å². The number of carbonyl (C=O) groups excluding carboxylic acids is 1. The molecule has 0 atom stereocenters. The van der Waals surface area contributed by atoms with Crippen molar-refractivity contribution in [3.05, 3.63) is 61.0 Å². The standard InChI is InChI=1S/C15H12Br2ClNO/c1-8-5-9(2)14(12(17)6-8)19-15(20)11-4-3-10(16)7-13(11)18/h3-7H,1-2H3,(H,19,20). The zero-order valence-corrected chi connectivity index (χ0v) is 14.9. The van der Waals surface area contributed by atoms with Crippen molar-refractivity contribution in [1.29, 1.82) is 0 Å². The molecule has 2 rings (SSSR count). The van der Waals surface area contributed by atoms with Gasteiger partial charge in [-0.05, 0) is 65.2 Å². The lowest BCUT2D eigenvalue weighted by molar-refractivity contribution is 0.102. The maximum Gasteiger partial charge on any atom is 0.257 e. The van der Waals surface area contributed by atoms with Crippen LogP contribution in [0.4, 0.5) is 5.69 Å². The van der Waals surface area contributed by atoms with Crippen LogP contribution in [0.1, 0.15) is 21.5 Å². The number of hydrogen-bond acceptors (Lipinski definition) is 1. The van der Waals surface area contributed by atoms with Crippen molar-refractivity contribution in [2.75, 3.05) is 5.32 Å². The molecule has 1 N–H and O–H groups in total. The first-order valence-corrected chi connectivity index (χ1v) is 7.88. The van der Waals surface area contributed by atoms with Crippen LogP contribution in [0, 0.1) is 13.8 Å². The second-order valence-electron chi connectivity index (χ2n) is 4.52. The second-order valence-corrected chi connectivity index (χ2v) is 6.69. The highest BCUT2D eigenvalue weighted by molar-refractivity contribution is 9.10. The lowest BCUT2D eigenvalue weighted by Crippen LogP contribution is -2.14. The predicted molar refractivity (Wildman–Crippen MR) is 90.7 cm³/mol. The Balaban J connectivity index is 2.33.